The third-order valence-electron chi connectivity index (χ3n) is 1.90. The minimum atomic E-state index is -0.814. The molecule has 2 rings (SSSR count). The van der Waals surface area contributed by atoms with Crippen molar-refractivity contribution in [2.75, 3.05) is 0 Å². The molecule has 0 unspecified atom stereocenters. The summed E-state index contributed by atoms with van der Waals surface area (Å²) in [7, 11) is 0. The largest absolute Gasteiger partial charge is 0.415 e. The maximum absolute atomic E-state index is 10.2. The lowest BCUT2D eigenvalue weighted by Crippen LogP contribution is -2.15. The number of amides is 1. The van der Waals surface area contributed by atoms with E-state index < -0.39 is 11.5 Å². The summed E-state index contributed by atoms with van der Waals surface area (Å²) in [5.41, 5.74) is 3.95. The van der Waals surface area contributed by atoms with Crippen LogP contribution in [0.15, 0.2) is 60.7 Å². The smallest absolute Gasteiger partial charge is 0.409 e. The van der Waals surface area contributed by atoms with Crippen molar-refractivity contribution >= 4 is 23.1 Å². The minimum Gasteiger partial charge on any atom is -0.415 e. The fraction of sp³-hybridized carbons (Fsp3) is 0. The molecule has 2 aromatic carbocycles. The lowest BCUT2D eigenvalue weighted by atomic mass is 10.3. The number of hydrogen-bond acceptors (Lipinski definition) is 4. The van der Waals surface area contributed by atoms with Gasteiger partial charge < -0.3 is 15.2 Å². The highest BCUT2D eigenvalue weighted by molar-refractivity contribution is 6.61. The molecule has 0 saturated carbocycles. The molecule has 2 N–H and O–H groups in total. The zero-order chi connectivity index (χ0) is 14.8. The molecule has 0 saturated heterocycles. The first-order chi connectivity index (χ1) is 9.58. The Labute approximate surface area is 120 Å². The van der Waals surface area contributed by atoms with Crippen LogP contribution in [0.25, 0.3) is 0 Å². The van der Waals surface area contributed by atoms with Crippen molar-refractivity contribution in [1.82, 2.24) is 0 Å². The van der Waals surface area contributed by atoms with E-state index in [9.17, 15) is 9.59 Å². The normalized spacial score (nSPS) is 8.85. The summed E-state index contributed by atoms with van der Waals surface area (Å²) >= 11 is 4.95. The summed E-state index contributed by atoms with van der Waals surface area (Å²) in [5.74, 6) is 0.928. The number of primary amides is 1. The lowest BCUT2D eigenvalue weighted by molar-refractivity contribution is 0.211. The minimum absolute atomic E-state index is 0.461. The van der Waals surface area contributed by atoms with Crippen LogP contribution in [-0.2, 0) is 0 Å². The first-order valence-corrected chi connectivity index (χ1v) is 5.90. The zero-order valence-corrected chi connectivity index (χ0v) is 11.1. The Morgan fingerprint density at radius 3 is 1.55 bits per heavy atom. The number of carbonyl (C=O) groups excluding carboxylic acids is 2. The molecule has 1 amide bonds. The van der Waals surface area contributed by atoms with E-state index in [0.717, 1.165) is 0 Å². The van der Waals surface area contributed by atoms with E-state index in [1.165, 1.54) is 0 Å². The van der Waals surface area contributed by atoms with Gasteiger partial charge in [0.15, 0.2) is 0 Å². The van der Waals surface area contributed by atoms with Gasteiger partial charge in [-0.1, -0.05) is 36.4 Å². The zero-order valence-electron chi connectivity index (χ0n) is 10.4. The Morgan fingerprint density at radius 2 is 1.20 bits per heavy atom. The molecule has 0 bridgehead atoms. The van der Waals surface area contributed by atoms with Crippen LogP contribution in [0.4, 0.5) is 9.59 Å². The van der Waals surface area contributed by atoms with Crippen molar-refractivity contribution < 1.29 is 19.1 Å². The summed E-state index contributed by atoms with van der Waals surface area (Å²) in [6, 6.07) is 17.3. The summed E-state index contributed by atoms with van der Waals surface area (Å²) < 4.78 is 9.09. The van der Waals surface area contributed by atoms with Crippen LogP contribution >= 0.6 is 11.6 Å². The van der Waals surface area contributed by atoms with E-state index >= 15 is 0 Å². The molecule has 20 heavy (non-hydrogen) atoms. The molecule has 0 spiro atoms. The summed E-state index contributed by atoms with van der Waals surface area (Å²) in [4.78, 5) is 20.3. The molecule has 0 aromatic heterocycles. The van der Waals surface area contributed by atoms with Crippen LogP contribution < -0.4 is 15.2 Å². The van der Waals surface area contributed by atoms with Gasteiger partial charge in [0.05, 0.1) is 0 Å². The second-order valence-corrected chi connectivity index (χ2v) is 3.70. The van der Waals surface area contributed by atoms with Crippen molar-refractivity contribution in [3.8, 4) is 11.5 Å². The van der Waals surface area contributed by atoms with E-state index in [-0.39, 0.29) is 0 Å². The highest BCUT2D eigenvalue weighted by atomic mass is 35.5. The Bertz CT molecular complexity index is 494. The molecule has 0 aliphatic carbocycles. The third-order valence-corrected chi connectivity index (χ3v) is 1.98. The second-order valence-electron chi connectivity index (χ2n) is 3.39. The lowest BCUT2D eigenvalue weighted by Gasteiger charge is -1.96. The van der Waals surface area contributed by atoms with Gasteiger partial charge in [0.25, 0.3) is 0 Å². The molecule has 0 aliphatic rings. The standard InChI is InChI=1S/C7H5ClO2.C7H7NO2/c2*8-7(9)10-6-4-2-1-3-5-6/h1-5H;1-5H,(H2,8,9). The molecule has 0 aliphatic heterocycles. The van der Waals surface area contributed by atoms with Gasteiger partial charge in [-0.25, -0.2) is 9.59 Å². The maximum Gasteiger partial charge on any atom is 0.409 e. The number of nitrogens with two attached hydrogens (primary N) is 1. The number of halogens is 1. The van der Waals surface area contributed by atoms with E-state index in [4.69, 9.17) is 17.3 Å². The van der Waals surface area contributed by atoms with Crippen LogP contribution in [0.1, 0.15) is 0 Å². The molecule has 104 valence electrons. The highest BCUT2D eigenvalue weighted by Gasteiger charge is 1.95. The molecular weight excluding hydrogens is 282 g/mol. The summed E-state index contributed by atoms with van der Waals surface area (Å²) in [6.07, 6.45) is -0.786. The molecule has 0 heterocycles. The Hall–Kier alpha value is -2.53. The molecule has 0 atom stereocenters. The van der Waals surface area contributed by atoms with Gasteiger partial charge in [-0.3, -0.25) is 0 Å². The quantitative estimate of drug-likeness (QED) is 0.859. The fourth-order valence-corrected chi connectivity index (χ4v) is 1.27. The van der Waals surface area contributed by atoms with Crippen LogP contribution in [0.3, 0.4) is 0 Å². The number of hydrogen-bond donors (Lipinski definition) is 1. The average molecular weight is 294 g/mol. The first-order valence-electron chi connectivity index (χ1n) is 5.52. The predicted octanol–water partition coefficient (Wildman–Crippen LogP) is 3.57. The van der Waals surface area contributed by atoms with Crippen molar-refractivity contribution in [2.45, 2.75) is 0 Å². The molecule has 5 nitrogen and oxygen atoms in total. The van der Waals surface area contributed by atoms with Crippen LogP contribution in [0.5, 0.6) is 11.5 Å². The third kappa shape index (κ3) is 7.03. The van der Waals surface area contributed by atoms with Crippen molar-refractivity contribution in [1.29, 1.82) is 0 Å². The van der Waals surface area contributed by atoms with Crippen LogP contribution in [0.2, 0.25) is 0 Å². The summed E-state index contributed by atoms with van der Waals surface area (Å²) in [6.45, 7) is 0. The van der Waals surface area contributed by atoms with E-state index in [1.54, 1.807) is 48.5 Å². The number of ether oxygens (including phenoxy) is 2. The first kappa shape index (κ1) is 15.5. The van der Waals surface area contributed by atoms with Gasteiger partial charge in [-0.15, -0.1) is 0 Å². The van der Waals surface area contributed by atoms with Gasteiger partial charge in [-0.05, 0) is 24.3 Å². The SMILES string of the molecule is NC(=O)Oc1ccccc1.O=C(Cl)Oc1ccccc1. The van der Waals surface area contributed by atoms with Gasteiger partial charge >= 0.3 is 11.5 Å². The van der Waals surface area contributed by atoms with E-state index in [2.05, 4.69) is 9.47 Å². The van der Waals surface area contributed by atoms with Gasteiger partial charge in [0.2, 0.25) is 0 Å². The Morgan fingerprint density at radius 1 is 0.800 bits per heavy atom. The van der Waals surface area contributed by atoms with E-state index in [1.807, 2.05) is 12.1 Å². The number of rotatable bonds is 2. The molecule has 2 aromatic rings. The monoisotopic (exact) mass is 293 g/mol. The second kappa shape index (κ2) is 8.55. The van der Waals surface area contributed by atoms with Gasteiger partial charge in [-0.2, -0.15) is 0 Å². The highest BCUT2D eigenvalue weighted by Crippen LogP contribution is 2.09. The number of para-hydroxylation sites is 2. The van der Waals surface area contributed by atoms with Gasteiger partial charge in [0, 0.05) is 11.6 Å². The molecule has 0 fully saturated rings. The maximum atomic E-state index is 10.2. The molecule has 0 radical (unpaired) electrons. The van der Waals surface area contributed by atoms with E-state index in [0.29, 0.717) is 11.5 Å². The number of benzene rings is 2. The van der Waals surface area contributed by atoms with Crippen molar-refractivity contribution in [3.63, 3.8) is 0 Å². The molecular formula is C14H12ClNO4. The van der Waals surface area contributed by atoms with Crippen molar-refractivity contribution in [2.24, 2.45) is 5.73 Å². The average Bonchev–Trinajstić information content (AvgIpc) is 2.40. The number of carbonyl (C=O) groups is 2. The Balaban J connectivity index is 0.000000200. The predicted molar refractivity (Wildman–Crippen MR) is 75.0 cm³/mol. The Kier molecular flexibility index (Phi) is 6.64. The molecule has 6 heteroatoms. The summed E-state index contributed by atoms with van der Waals surface area (Å²) in [5, 5.41) is 0. The van der Waals surface area contributed by atoms with Crippen LogP contribution in [0, 0.1) is 0 Å². The van der Waals surface area contributed by atoms with Crippen LogP contribution in [-0.4, -0.2) is 11.5 Å². The van der Waals surface area contributed by atoms with Gasteiger partial charge in [0.1, 0.15) is 11.5 Å². The fourth-order valence-electron chi connectivity index (χ4n) is 1.19. The van der Waals surface area contributed by atoms with Crippen molar-refractivity contribution in [3.05, 3.63) is 60.7 Å². The topological polar surface area (TPSA) is 78.6 Å².